The first-order valence-electron chi connectivity index (χ1n) is 13.4. The summed E-state index contributed by atoms with van der Waals surface area (Å²) in [5.41, 5.74) is 0.609. The molecule has 0 spiro atoms. The quantitative estimate of drug-likeness (QED) is 0.307. The number of amides is 3. The predicted octanol–water partition coefficient (Wildman–Crippen LogP) is 4.32. The van der Waals surface area contributed by atoms with Crippen molar-refractivity contribution in [1.82, 2.24) is 25.9 Å². The number of carbonyl (C=O) groups is 3. The number of halogens is 1. The number of anilines is 2. The molecule has 13 heteroatoms. The molecule has 2 atom stereocenters. The summed E-state index contributed by atoms with van der Waals surface area (Å²) in [6.07, 6.45) is 2.60. The highest BCUT2D eigenvalue weighted by atomic mass is 32.1. The molecule has 218 valence electrons. The van der Waals surface area contributed by atoms with Crippen LogP contribution in [-0.4, -0.2) is 57.7 Å². The minimum Gasteiger partial charge on any atom is -0.488 e. The fourth-order valence-electron chi connectivity index (χ4n) is 4.66. The van der Waals surface area contributed by atoms with Gasteiger partial charge in [0.25, 0.3) is 5.91 Å². The summed E-state index contributed by atoms with van der Waals surface area (Å²) in [5, 5.41) is 12.5. The van der Waals surface area contributed by atoms with Crippen molar-refractivity contribution in [1.29, 1.82) is 0 Å². The maximum Gasteiger partial charge on any atom is 0.407 e. The van der Waals surface area contributed by atoms with Crippen LogP contribution in [0.15, 0.2) is 24.5 Å². The van der Waals surface area contributed by atoms with E-state index in [0.717, 1.165) is 0 Å². The maximum absolute atomic E-state index is 14.1. The standard InChI is InChI=1S/C28H33FN6O5S/c1-13-22-24(33-18-7-6-15(29)8-21(18)39-17-9-16(10-17)32-14(2)36)30-12-31-26(22)41-23(13)25(37)34-19-11-20(19)35-27(38)40-28(3,4)5/h6-8,12,16-17,19-20H,9-11H2,1-5H3,(H,32,36)(H,34,37)(H,35,38)(H,30,31,33)/t16-,17-,19-,20-/m0/s1. The van der Waals surface area contributed by atoms with Gasteiger partial charge in [-0.15, -0.1) is 11.3 Å². The molecule has 2 heterocycles. The Morgan fingerprint density at radius 1 is 1.05 bits per heavy atom. The van der Waals surface area contributed by atoms with Gasteiger partial charge in [-0.1, -0.05) is 0 Å². The number of fused-ring (bicyclic) bond motifs is 1. The Morgan fingerprint density at radius 2 is 1.78 bits per heavy atom. The molecule has 3 amide bonds. The van der Waals surface area contributed by atoms with Crippen molar-refractivity contribution in [2.45, 2.75) is 83.7 Å². The smallest absolute Gasteiger partial charge is 0.407 e. The number of nitrogens with one attached hydrogen (secondary N) is 4. The van der Waals surface area contributed by atoms with Crippen molar-refractivity contribution in [3.05, 3.63) is 40.8 Å². The van der Waals surface area contributed by atoms with Crippen molar-refractivity contribution in [3.63, 3.8) is 0 Å². The number of thiophene rings is 1. The van der Waals surface area contributed by atoms with Gasteiger partial charge in [-0.05, 0) is 51.8 Å². The largest absolute Gasteiger partial charge is 0.488 e. The lowest BCUT2D eigenvalue weighted by molar-refractivity contribution is -0.120. The van der Waals surface area contributed by atoms with Gasteiger partial charge in [0.15, 0.2) is 0 Å². The zero-order valence-electron chi connectivity index (χ0n) is 23.5. The maximum atomic E-state index is 14.1. The third-order valence-electron chi connectivity index (χ3n) is 6.73. The number of hydrogen-bond acceptors (Lipinski definition) is 9. The number of ether oxygens (including phenoxy) is 2. The number of alkyl carbamates (subject to hydrolysis) is 1. The summed E-state index contributed by atoms with van der Waals surface area (Å²) in [7, 11) is 0. The molecule has 1 aromatic carbocycles. The first-order valence-corrected chi connectivity index (χ1v) is 14.2. The van der Waals surface area contributed by atoms with Crippen LogP contribution >= 0.6 is 11.3 Å². The van der Waals surface area contributed by atoms with Gasteiger partial charge < -0.3 is 30.7 Å². The molecule has 0 unspecified atom stereocenters. The van der Waals surface area contributed by atoms with E-state index < -0.39 is 17.5 Å². The molecule has 2 aliphatic rings. The molecule has 2 aliphatic carbocycles. The number of nitrogens with zero attached hydrogens (tertiary/aromatic N) is 2. The fraction of sp³-hybridized carbons (Fsp3) is 0.464. The van der Waals surface area contributed by atoms with Gasteiger partial charge in [-0.3, -0.25) is 9.59 Å². The molecule has 2 aromatic heterocycles. The molecule has 0 saturated heterocycles. The van der Waals surface area contributed by atoms with Crippen molar-refractivity contribution in [2.75, 3.05) is 5.32 Å². The van der Waals surface area contributed by atoms with Crippen molar-refractivity contribution < 1.29 is 28.2 Å². The third-order valence-corrected chi connectivity index (χ3v) is 7.93. The van der Waals surface area contributed by atoms with Gasteiger partial charge in [-0.2, -0.15) is 0 Å². The van der Waals surface area contributed by atoms with E-state index in [0.29, 0.717) is 57.2 Å². The highest BCUT2D eigenvalue weighted by Gasteiger charge is 2.41. The summed E-state index contributed by atoms with van der Waals surface area (Å²) >= 11 is 1.24. The lowest BCUT2D eigenvalue weighted by atomic mass is 9.89. The minimum atomic E-state index is -0.604. The topological polar surface area (TPSA) is 144 Å². The van der Waals surface area contributed by atoms with Crippen molar-refractivity contribution in [2.24, 2.45) is 0 Å². The molecule has 4 N–H and O–H groups in total. The minimum absolute atomic E-state index is 0.0426. The molecule has 5 rings (SSSR count). The van der Waals surface area contributed by atoms with Gasteiger partial charge in [-0.25, -0.2) is 19.2 Å². The van der Waals surface area contributed by atoms with Crippen molar-refractivity contribution in [3.8, 4) is 5.75 Å². The molecule has 0 bridgehead atoms. The summed E-state index contributed by atoms with van der Waals surface area (Å²) in [6.45, 7) is 8.66. The van der Waals surface area contributed by atoms with Crippen LogP contribution in [0.5, 0.6) is 5.75 Å². The number of rotatable bonds is 8. The van der Waals surface area contributed by atoms with Crippen LogP contribution in [0.3, 0.4) is 0 Å². The predicted molar refractivity (Wildman–Crippen MR) is 152 cm³/mol. The number of hydrogen-bond donors (Lipinski definition) is 4. The first kappa shape index (κ1) is 28.5. The van der Waals surface area contributed by atoms with E-state index in [4.69, 9.17) is 9.47 Å². The SMILES string of the molecule is CC(=O)N[C@H]1C[C@H](Oc2cc(F)ccc2Nc2ncnc3sc(C(=O)N[C@H]4C[C@@H]4NC(=O)OC(C)(C)C)c(C)c23)C1. The average Bonchev–Trinajstić information content (AvgIpc) is 3.46. The van der Waals surface area contributed by atoms with E-state index in [1.54, 1.807) is 26.8 Å². The Bertz CT molecular complexity index is 1500. The van der Waals surface area contributed by atoms with E-state index >= 15 is 0 Å². The highest BCUT2D eigenvalue weighted by molar-refractivity contribution is 7.20. The van der Waals surface area contributed by atoms with E-state index in [1.807, 2.05) is 6.92 Å². The van der Waals surface area contributed by atoms with E-state index in [9.17, 15) is 18.8 Å². The second-order valence-corrected chi connectivity index (χ2v) is 12.4. The molecule has 3 aromatic rings. The summed E-state index contributed by atoms with van der Waals surface area (Å²) < 4.78 is 25.5. The summed E-state index contributed by atoms with van der Waals surface area (Å²) in [4.78, 5) is 46.3. The van der Waals surface area contributed by atoms with Crippen LogP contribution in [0.2, 0.25) is 0 Å². The monoisotopic (exact) mass is 584 g/mol. The molecule has 41 heavy (non-hydrogen) atoms. The van der Waals surface area contributed by atoms with Crippen LogP contribution in [0.1, 0.15) is 62.2 Å². The molecule has 0 aliphatic heterocycles. The first-order chi connectivity index (χ1) is 19.4. The Labute approximate surface area is 240 Å². The average molecular weight is 585 g/mol. The third kappa shape index (κ3) is 6.84. The zero-order chi connectivity index (χ0) is 29.5. The Hall–Kier alpha value is -4.00. The Balaban J connectivity index is 1.28. The van der Waals surface area contributed by atoms with Crippen molar-refractivity contribution >= 4 is 51.0 Å². The number of aromatic nitrogens is 2. The second-order valence-electron chi connectivity index (χ2n) is 11.4. The molecular weight excluding hydrogens is 551 g/mol. The summed E-state index contributed by atoms with van der Waals surface area (Å²) in [6, 6.07) is 3.86. The molecule has 0 radical (unpaired) electrons. The fourth-order valence-corrected chi connectivity index (χ4v) is 5.71. The normalized spacial score (nSPS) is 21.4. The Kier molecular flexibility index (Phi) is 7.73. The van der Waals surface area contributed by atoms with Crippen LogP contribution < -0.4 is 26.0 Å². The van der Waals surface area contributed by atoms with E-state index in [1.165, 1.54) is 36.7 Å². The van der Waals surface area contributed by atoms with Crippen LogP contribution in [0.4, 0.5) is 20.7 Å². The lowest BCUT2D eigenvalue weighted by Crippen LogP contribution is -2.48. The lowest BCUT2D eigenvalue weighted by Gasteiger charge is -2.36. The molecular formula is C28H33FN6O5S. The molecule has 2 saturated carbocycles. The second kappa shape index (κ2) is 11.1. The number of benzene rings is 1. The van der Waals surface area contributed by atoms with Crippen LogP contribution in [0.25, 0.3) is 10.2 Å². The van der Waals surface area contributed by atoms with Gasteiger partial charge in [0.1, 0.15) is 40.2 Å². The van der Waals surface area contributed by atoms with Crippen LogP contribution in [-0.2, 0) is 9.53 Å². The number of aryl methyl sites for hydroxylation is 1. The van der Waals surface area contributed by atoms with E-state index in [-0.39, 0.29) is 36.0 Å². The van der Waals surface area contributed by atoms with Gasteiger partial charge in [0.2, 0.25) is 5.91 Å². The number of carbonyl (C=O) groups excluding carboxylic acids is 3. The van der Waals surface area contributed by atoms with Gasteiger partial charge in [0, 0.05) is 31.9 Å². The van der Waals surface area contributed by atoms with E-state index in [2.05, 4.69) is 31.2 Å². The summed E-state index contributed by atoms with van der Waals surface area (Å²) in [5.74, 6) is -0.0188. The van der Waals surface area contributed by atoms with Crippen LogP contribution in [0, 0.1) is 12.7 Å². The highest BCUT2D eigenvalue weighted by Crippen LogP contribution is 2.38. The Morgan fingerprint density at radius 3 is 2.49 bits per heavy atom. The zero-order valence-corrected chi connectivity index (χ0v) is 24.3. The van der Waals surface area contributed by atoms with Gasteiger partial charge in [0.05, 0.1) is 28.0 Å². The molecule has 2 fully saturated rings. The molecule has 11 nitrogen and oxygen atoms in total. The van der Waals surface area contributed by atoms with Gasteiger partial charge >= 0.3 is 6.09 Å².